The molecular formula is C26H34N4O. The van der Waals surface area contributed by atoms with Crippen molar-refractivity contribution in [2.24, 2.45) is 11.8 Å². The highest BCUT2D eigenvalue weighted by Crippen LogP contribution is 2.43. The number of carbonyl (C=O) groups excluding carboxylic acids is 1. The van der Waals surface area contributed by atoms with Crippen LogP contribution < -0.4 is 0 Å². The van der Waals surface area contributed by atoms with E-state index in [1.165, 1.54) is 24.0 Å². The number of benzene rings is 1. The SMILES string of the molecule is CCC[C@H]1[C@H]2C[C@H](CN(Cc3cnc(-c4ccccc4C)nc3)C2)[C@@H]2CCCC(=O)N21. The molecule has 0 spiro atoms. The van der Waals surface area contributed by atoms with Crippen molar-refractivity contribution >= 4 is 5.91 Å². The van der Waals surface area contributed by atoms with Crippen LogP contribution in [0.3, 0.4) is 0 Å². The first-order chi connectivity index (χ1) is 15.1. The van der Waals surface area contributed by atoms with E-state index in [9.17, 15) is 4.79 Å². The number of aryl methyl sites for hydroxylation is 1. The van der Waals surface area contributed by atoms with Crippen molar-refractivity contribution in [2.75, 3.05) is 13.1 Å². The van der Waals surface area contributed by atoms with Gasteiger partial charge in [-0.3, -0.25) is 9.69 Å². The summed E-state index contributed by atoms with van der Waals surface area (Å²) in [5.41, 5.74) is 3.49. The van der Waals surface area contributed by atoms with Crippen molar-refractivity contribution in [1.82, 2.24) is 19.8 Å². The Morgan fingerprint density at radius 1 is 1.10 bits per heavy atom. The summed E-state index contributed by atoms with van der Waals surface area (Å²) in [5, 5.41) is 0. The van der Waals surface area contributed by atoms with E-state index >= 15 is 0 Å². The van der Waals surface area contributed by atoms with E-state index in [0.29, 0.717) is 29.8 Å². The Morgan fingerprint density at radius 2 is 1.87 bits per heavy atom. The van der Waals surface area contributed by atoms with Crippen molar-refractivity contribution in [1.29, 1.82) is 0 Å². The van der Waals surface area contributed by atoms with Gasteiger partial charge in [-0.2, -0.15) is 0 Å². The fraction of sp³-hybridized carbons (Fsp3) is 0.577. The average molecular weight is 419 g/mol. The molecule has 4 heterocycles. The number of fused-ring (bicyclic) bond motifs is 4. The topological polar surface area (TPSA) is 49.3 Å². The third-order valence-electron chi connectivity index (χ3n) is 7.65. The Balaban J connectivity index is 1.31. The Bertz CT molecular complexity index is 927. The summed E-state index contributed by atoms with van der Waals surface area (Å²) < 4.78 is 0. The lowest BCUT2D eigenvalue weighted by Crippen LogP contribution is -2.64. The fourth-order valence-corrected chi connectivity index (χ4v) is 6.33. The molecule has 2 bridgehead atoms. The zero-order valence-electron chi connectivity index (χ0n) is 18.8. The monoisotopic (exact) mass is 418 g/mol. The normalized spacial score (nSPS) is 28.5. The van der Waals surface area contributed by atoms with Crippen LogP contribution in [0.4, 0.5) is 0 Å². The predicted octanol–water partition coefficient (Wildman–Crippen LogP) is 4.45. The molecule has 2 aromatic rings. The molecule has 31 heavy (non-hydrogen) atoms. The molecule has 1 aromatic heterocycles. The predicted molar refractivity (Wildman–Crippen MR) is 122 cm³/mol. The third kappa shape index (κ3) is 4.00. The van der Waals surface area contributed by atoms with Gasteiger partial charge in [-0.15, -0.1) is 0 Å². The van der Waals surface area contributed by atoms with Gasteiger partial charge in [-0.05, 0) is 50.0 Å². The highest BCUT2D eigenvalue weighted by atomic mass is 16.2. The van der Waals surface area contributed by atoms with Crippen molar-refractivity contribution in [3.8, 4) is 11.4 Å². The number of piperidine rings is 3. The lowest BCUT2D eigenvalue weighted by Gasteiger charge is -2.56. The van der Waals surface area contributed by atoms with Crippen molar-refractivity contribution in [3.05, 3.63) is 47.8 Å². The quantitative estimate of drug-likeness (QED) is 0.720. The lowest BCUT2D eigenvalue weighted by molar-refractivity contribution is -0.153. The van der Waals surface area contributed by atoms with Gasteiger partial charge in [-0.25, -0.2) is 9.97 Å². The molecule has 0 unspecified atom stereocenters. The van der Waals surface area contributed by atoms with Crippen molar-refractivity contribution in [3.63, 3.8) is 0 Å². The van der Waals surface area contributed by atoms with Gasteiger partial charge in [0, 0.05) is 61.7 Å². The largest absolute Gasteiger partial charge is 0.336 e. The third-order valence-corrected chi connectivity index (χ3v) is 7.65. The van der Waals surface area contributed by atoms with Gasteiger partial charge >= 0.3 is 0 Å². The molecule has 0 saturated carbocycles. The summed E-state index contributed by atoms with van der Waals surface area (Å²) in [6, 6.07) is 9.16. The molecule has 1 amide bonds. The number of rotatable bonds is 5. The summed E-state index contributed by atoms with van der Waals surface area (Å²) in [7, 11) is 0. The van der Waals surface area contributed by atoms with E-state index in [0.717, 1.165) is 56.7 Å². The van der Waals surface area contributed by atoms with E-state index in [4.69, 9.17) is 0 Å². The second kappa shape index (κ2) is 8.70. The van der Waals surface area contributed by atoms with Crippen LogP contribution in [-0.2, 0) is 11.3 Å². The zero-order valence-corrected chi connectivity index (χ0v) is 18.8. The molecule has 3 aliphatic rings. The van der Waals surface area contributed by atoms with Gasteiger partial charge < -0.3 is 4.90 Å². The second-order valence-corrected chi connectivity index (χ2v) is 9.80. The van der Waals surface area contributed by atoms with Crippen LogP contribution in [0.15, 0.2) is 36.7 Å². The standard InChI is InChI=1S/C26H34N4O/c1-3-7-23-20-12-21(24-10-6-11-25(31)30(23)24)17-29(16-20)15-19-13-27-26(28-14-19)22-9-5-4-8-18(22)2/h4-5,8-9,13-14,20-21,23-24H,3,6-7,10-12,15-17H2,1-2H3/t20-,21+,23-,24-/m0/s1. The molecular weight excluding hydrogens is 384 g/mol. The van der Waals surface area contributed by atoms with E-state index < -0.39 is 0 Å². The van der Waals surface area contributed by atoms with Crippen LogP contribution in [0.2, 0.25) is 0 Å². The number of likely N-dealkylation sites (tertiary alicyclic amines) is 1. The van der Waals surface area contributed by atoms with Crippen LogP contribution in [0.5, 0.6) is 0 Å². The van der Waals surface area contributed by atoms with Crippen LogP contribution in [0, 0.1) is 18.8 Å². The van der Waals surface area contributed by atoms with Gasteiger partial charge in [0.1, 0.15) is 0 Å². The minimum atomic E-state index is 0.415. The first-order valence-corrected chi connectivity index (χ1v) is 12.0. The maximum absolute atomic E-state index is 12.8. The first kappa shape index (κ1) is 20.6. The van der Waals surface area contributed by atoms with Gasteiger partial charge in [0.05, 0.1) is 0 Å². The minimum Gasteiger partial charge on any atom is -0.336 e. The van der Waals surface area contributed by atoms with Gasteiger partial charge in [-0.1, -0.05) is 37.6 Å². The Morgan fingerprint density at radius 3 is 2.65 bits per heavy atom. The van der Waals surface area contributed by atoms with Gasteiger partial charge in [0.25, 0.3) is 0 Å². The highest BCUT2D eigenvalue weighted by Gasteiger charge is 2.48. The number of amides is 1. The Hall–Kier alpha value is -2.27. The summed E-state index contributed by atoms with van der Waals surface area (Å²) in [5.74, 6) is 2.43. The zero-order chi connectivity index (χ0) is 21.4. The highest BCUT2D eigenvalue weighted by molar-refractivity contribution is 5.78. The summed E-state index contributed by atoms with van der Waals surface area (Å²) in [4.78, 5) is 27.1. The fourth-order valence-electron chi connectivity index (χ4n) is 6.33. The molecule has 5 nitrogen and oxygen atoms in total. The van der Waals surface area contributed by atoms with Crippen LogP contribution in [-0.4, -0.2) is 50.8 Å². The molecule has 5 heteroatoms. The van der Waals surface area contributed by atoms with Gasteiger partial charge in [0.15, 0.2) is 5.82 Å². The number of hydrogen-bond donors (Lipinski definition) is 0. The van der Waals surface area contributed by atoms with Gasteiger partial charge in [0.2, 0.25) is 5.91 Å². The van der Waals surface area contributed by atoms with E-state index in [1.807, 2.05) is 24.5 Å². The van der Waals surface area contributed by atoms with Crippen LogP contribution in [0.1, 0.15) is 56.6 Å². The summed E-state index contributed by atoms with van der Waals surface area (Å²) in [6.45, 7) is 7.43. The molecule has 0 radical (unpaired) electrons. The minimum absolute atomic E-state index is 0.415. The second-order valence-electron chi connectivity index (χ2n) is 9.80. The summed E-state index contributed by atoms with van der Waals surface area (Å²) >= 11 is 0. The number of carbonyl (C=O) groups is 1. The smallest absolute Gasteiger partial charge is 0.223 e. The average Bonchev–Trinajstić information content (AvgIpc) is 2.78. The number of hydrogen-bond acceptors (Lipinski definition) is 4. The number of nitrogens with zero attached hydrogens (tertiary/aromatic N) is 4. The lowest BCUT2D eigenvalue weighted by atomic mass is 9.71. The molecule has 3 fully saturated rings. The molecule has 4 atom stereocenters. The maximum Gasteiger partial charge on any atom is 0.223 e. The van der Waals surface area contributed by atoms with E-state index in [2.05, 4.69) is 45.7 Å². The maximum atomic E-state index is 12.8. The first-order valence-electron chi connectivity index (χ1n) is 12.0. The molecule has 3 aliphatic heterocycles. The van der Waals surface area contributed by atoms with Crippen molar-refractivity contribution in [2.45, 2.75) is 71.0 Å². The molecule has 0 aliphatic carbocycles. The molecule has 5 rings (SSSR count). The van der Waals surface area contributed by atoms with Crippen LogP contribution in [0.25, 0.3) is 11.4 Å². The Labute approximate surface area is 185 Å². The number of aromatic nitrogens is 2. The molecule has 1 aromatic carbocycles. The molecule has 164 valence electrons. The molecule has 3 saturated heterocycles. The Kier molecular flexibility index (Phi) is 5.79. The van der Waals surface area contributed by atoms with E-state index in [1.54, 1.807) is 0 Å². The van der Waals surface area contributed by atoms with Crippen molar-refractivity contribution < 1.29 is 4.79 Å². The molecule has 0 N–H and O–H groups in total. The summed E-state index contributed by atoms with van der Waals surface area (Å²) in [6.07, 6.45) is 10.6. The van der Waals surface area contributed by atoms with Crippen LogP contribution >= 0.6 is 0 Å². The van der Waals surface area contributed by atoms with E-state index in [-0.39, 0.29) is 0 Å².